The molecule has 0 spiro atoms. The Balaban J connectivity index is 1.73. The van der Waals surface area contributed by atoms with Gasteiger partial charge in [-0.2, -0.15) is 0 Å². The summed E-state index contributed by atoms with van der Waals surface area (Å²) >= 11 is 0. The number of phenolic OH excluding ortho intramolecular Hbond substituents is 1. The molecule has 172 valence electrons. The number of carbonyl (C=O) groups is 2. The molecule has 7 heteroatoms. The summed E-state index contributed by atoms with van der Waals surface area (Å²) in [5, 5.41) is 9.58. The standard InChI is InChI=1S/C25H33N3O4/c1-25(2,3)32-24(31)26(4)22(18-19-10-12-21(29)13-11-19)23(30)28-16-14-27(15-17-28)20-8-6-5-7-9-20/h5-13,22,29H,14-18H2,1-4H3/t22-/m0/s1. The number of hydrogen-bond acceptors (Lipinski definition) is 5. The number of para-hydroxylation sites is 1. The lowest BCUT2D eigenvalue weighted by Gasteiger charge is -2.39. The highest BCUT2D eigenvalue weighted by Crippen LogP contribution is 2.20. The van der Waals surface area contributed by atoms with Gasteiger partial charge in [0.2, 0.25) is 5.91 Å². The van der Waals surface area contributed by atoms with Gasteiger partial charge in [0.1, 0.15) is 17.4 Å². The van der Waals surface area contributed by atoms with Crippen molar-refractivity contribution in [2.24, 2.45) is 0 Å². The first kappa shape index (κ1) is 23.4. The van der Waals surface area contributed by atoms with Crippen molar-refractivity contribution in [3.05, 3.63) is 60.2 Å². The van der Waals surface area contributed by atoms with Crippen molar-refractivity contribution in [3.8, 4) is 5.75 Å². The highest BCUT2D eigenvalue weighted by Gasteiger charge is 2.34. The molecule has 1 aliphatic heterocycles. The molecule has 0 bridgehead atoms. The van der Waals surface area contributed by atoms with Crippen molar-refractivity contribution in [2.75, 3.05) is 38.1 Å². The fraction of sp³-hybridized carbons (Fsp3) is 0.440. The molecular weight excluding hydrogens is 406 g/mol. The van der Waals surface area contributed by atoms with Crippen LogP contribution in [0.2, 0.25) is 0 Å². The summed E-state index contributed by atoms with van der Waals surface area (Å²) in [5.74, 6) is 0.0632. The number of nitrogens with zero attached hydrogens (tertiary/aromatic N) is 3. The van der Waals surface area contributed by atoms with Crippen LogP contribution in [0.1, 0.15) is 26.3 Å². The molecule has 0 saturated carbocycles. The molecule has 1 heterocycles. The molecule has 0 radical (unpaired) electrons. The van der Waals surface area contributed by atoms with E-state index in [9.17, 15) is 14.7 Å². The van der Waals surface area contributed by atoms with Crippen LogP contribution in [0.4, 0.5) is 10.5 Å². The maximum Gasteiger partial charge on any atom is 0.410 e. The first-order valence-corrected chi connectivity index (χ1v) is 11.0. The second-order valence-electron chi connectivity index (χ2n) is 9.13. The van der Waals surface area contributed by atoms with Crippen LogP contribution in [0.25, 0.3) is 0 Å². The molecule has 1 aliphatic rings. The van der Waals surface area contributed by atoms with E-state index in [1.54, 1.807) is 52.1 Å². The molecule has 1 N–H and O–H groups in total. The van der Waals surface area contributed by atoms with Crippen LogP contribution in [0.3, 0.4) is 0 Å². The van der Waals surface area contributed by atoms with E-state index in [1.807, 2.05) is 23.1 Å². The van der Waals surface area contributed by atoms with Crippen molar-refractivity contribution >= 4 is 17.7 Å². The minimum Gasteiger partial charge on any atom is -0.508 e. The Hall–Kier alpha value is -3.22. The lowest BCUT2D eigenvalue weighted by Crippen LogP contribution is -2.56. The number of phenols is 1. The second kappa shape index (κ2) is 9.94. The Morgan fingerprint density at radius 2 is 1.59 bits per heavy atom. The van der Waals surface area contributed by atoms with Gasteiger partial charge >= 0.3 is 6.09 Å². The number of ether oxygens (including phenoxy) is 1. The Labute approximate surface area is 190 Å². The molecule has 3 rings (SSSR count). The number of amides is 2. The Morgan fingerprint density at radius 1 is 1.00 bits per heavy atom. The average Bonchev–Trinajstić information content (AvgIpc) is 2.77. The average molecular weight is 440 g/mol. The third-order valence-electron chi connectivity index (χ3n) is 5.51. The predicted octanol–water partition coefficient (Wildman–Crippen LogP) is 3.52. The summed E-state index contributed by atoms with van der Waals surface area (Å²) in [4.78, 5) is 31.8. The van der Waals surface area contributed by atoms with Crippen LogP contribution in [0, 0.1) is 0 Å². The predicted molar refractivity (Wildman–Crippen MR) is 125 cm³/mol. The van der Waals surface area contributed by atoms with Crippen molar-refractivity contribution in [3.63, 3.8) is 0 Å². The molecule has 2 aromatic rings. The van der Waals surface area contributed by atoms with E-state index in [0.29, 0.717) is 19.5 Å². The van der Waals surface area contributed by atoms with Crippen LogP contribution >= 0.6 is 0 Å². The van der Waals surface area contributed by atoms with E-state index >= 15 is 0 Å². The summed E-state index contributed by atoms with van der Waals surface area (Å²) in [6, 6.07) is 16.2. The van der Waals surface area contributed by atoms with Crippen LogP contribution in [-0.4, -0.2) is 71.8 Å². The van der Waals surface area contributed by atoms with Gasteiger partial charge in [0.15, 0.2) is 0 Å². The molecule has 0 aromatic heterocycles. The van der Waals surface area contributed by atoms with Gasteiger partial charge < -0.3 is 19.6 Å². The fourth-order valence-corrected chi connectivity index (χ4v) is 3.74. The van der Waals surface area contributed by atoms with Gasteiger partial charge in [-0.05, 0) is 50.6 Å². The first-order valence-electron chi connectivity index (χ1n) is 11.0. The molecule has 32 heavy (non-hydrogen) atoms. The number of rotatable bonds is 5. The van der Waals surface area contributed by atoms with Crippen molar-refractivity contribution in [2.45, 2.75) is 38.8 Å². The molecule has 1 fully saturated rings. The Morgan fingerprint density at radius 3 is 2.16 bits per heavy atom. The second-order valence-corrected chi connectivity index (χ2v) is 9.13. The van der Waals surface area contributed by atoms with Crippen LogP contribution in [0.15, 0.2) is 54.6 Å². The molecule has 2 amide bonds. The maximum atomic E-state index is 13.5. The summed E-state index contributed by atoms with van der Waals surface area (Å²) in [7, 11) is 1.61. The number of carbonyl (C=O) groups excluding carboxylic acids is 2. The molecule has 0 aliphatic carbocycles. The van der Waals surface area contributed by atoms with Gasteiger partial charge in [-0.25, -0.2) is 4.79 Å². The van der Waals surface area contributed by atoms with Crippen LogP contribution in [0.5, 0.6) is 5.75 Å². The molecule has 7 nitrogen and oxygen atoms in total. The molecular formula is C25H33N3O4. The smallest absolute Gasteiger partial charge is 0.410 e. The van der Waals surface area contributed by atoms with Gasteiger partial charge in [-0.1, -0.05) is 30.3 Å². The Bertz CT molecular complexity index is 901. The van der Waals surface area contributed by atoms with E-state index in [1.165, 1.54) is 4.90 Å². The summed E-state index contributed by atoms with van der Waals surface area (Å²) in [6.45, 7) is 8.05. The zero-order chi connectivity index (χ0) is 23.3. The summed E-state index contributed by atoms with van der Waals surface area (Å²) in [5.41, 5.74) is 1.35. The molecule has 2 aromatic carbocycles. The van der Waals surface area contributed by atoms with Gasteiger partial charge in [-0.3, -0.25) is 9.69 Å². The van der Waals surface area contributed by atoms with Crippen LogP contribution in [-0.2, 0) is 16.0 Å². The Kier molecular flexibility index (Phi) is 7.28. The first-order chi connectivity index (χ1) is 15.1. The van der Waals surface area contributed by atoms with Gasteiger partial charge in [0.25, 0.3) is 0 Å². The minimum atomic E-state index is -0.697. The van der Waals surface area contributed by atoms with E-state index in [4.69, 9.17) is 4.74 Å². The largest absolute Gasteiger partial charge is 0.508 e. The van der Waals surface area contributed by atoms with Crippen molar-refractivity contribution < 1.29 is 19.4 Å². The molecule has 1 atom stereocenters. The minimum absolute atomic E-state index is 0.0980. The number of piperazine rings is 1. The highest BCUT2D eigenvalue weighted by atomic mass is 16.6. The molecule has 0 unspecified atom stereocenters. The van der Waals surface area contributed by atoms with Gasteiger partial charge in [0.05, 0.1) is 0 Å². The SMILES string of the molecule is CN(C(=O)OC(C)(C)C)[C@@H](Cc1ccc(O)cc1)C(=O)N1CCN(c2ccccc2)CC1. The highest BCUT2D eigenvalue weighted by molar-refractivity contribution is 5.86. The summed E-state index contributed by atoms with van der Waals surface area (Å²) in [6.07, 6.45) is -0.189. The lowest BCUT2D eigenvalue weighted by molar-refractivity contribution is -0.136. The topological polar surface area (TPSA) is 73.3 Å². The number of benzene rings is 2. The number of likely N-dealkylation sites (N-methyl/N-ethyl adjacent to an activating group) is 1. The summed E-state index contributed by atoms with van der Waals surface area (Å²) < 4.78 is 5.52. The number of anilines is 1. The van der Waals surface area contributed by atoms with E-state index in [-0.39, 0.29) is 11.7 Å². The van der Waals surface area contributed by atoms with Gasteiger partial charge in [0, 0.05) is 45.3 Å². The van der Waals surface area contributed by atoms with Gasteiger partial charge in [-0.15, -0.1) is 0 Å². The zero-order valence-electron chi connectivity index (χ0n) is 19.3. The van der Waals surface area contributed by atoms with E-state index < -0.39 is 17.7 Å². The van der Waals surface area contributed by atoms with E-state index in [0.717, 1.165) is 24.3 Å². The van der Waals surface area contributed by atoms with Crippen molar-refractivity contribution in [1.82, 2.24) is 9.80 Å². The maximum absolute atomic E-state index is 13.5. The zero-order valence-corrected chi connectivity index (χ0v) is 19.3. The van der Waals surface area contributed by atoms with Crippen LogP contribution < -0.4 is 4.90 Å². The van der Waals surface area contributed by atoms with E-state index in [2.05, 4.69) is 17.0 Å². The van der Waals surface area contributed by atoms with Crippen molar-refractivity contribution in [1.29, 1.82) is 0 Å². The number of aromatic hydroxyl groups is 1. The normalized spacial score (nSPS) is 15.2. The monoisotopic (exact) mass is 439 g/mol. The number of hydrogen-bond donors (Lipinski definition) is 1. The third kappa shape index (κ3) is 6.15. The fourth-order valence-electron chi connectivity index (χ4n) is 3.74. The quantitative estimate of drug-likeness (QED) is 0.772. The lowest BCUT2D eigenvalue weighted by atomic mass is 10.0. The third-order valence-corrected chi connectivity index (χ3v) is 5.51. The molecule has 1 saturated heterocycles.